The summed E-state index contributed by atoms with van der Waals surface area (Å²) in [5, 5.41) is 7.52. The topological polar surface area (TPSA) is 62.7 Å². The third kappa shape index (κ3) is 5.25. The van der Waals surface area contributed by atoms with Crippen LogP contribution in [0.1, 0.15) is 40.0 Å². The van der Waals surface area contributed by atoms with Gasteiger partial charge in [-0.3, -0.25) is 4.79 Å². The molecule has 1 aromatic rings. The Labute approximate surface area is 144 Å². The van der Waals surface area contributed by atoms with E-state index in [1.807, 2.05) is 24.3 Å². The molecule has 2 atom stereocenters. The molecule has 1 saturated carbocycles. The molecule has 1 aliphatic carbocycles. The monoisotopic (exact) mass is 331 g/mol. The summed E-state index contributed by atoms with van der Waals surface area (Å²) >= 11 is 0. The van der Waals surface area contributed by atoms with E-state index in [1.165, 1.54) is 6.42 Å². The van der Waals surface area contributed by atoms with E-state index in [1.54, 1.807) is 7.11 Å². The van der Waals surface area contributed by atoms with Gasteiger partial charge in [-0.1, -0.05) is 20.8 Å². The molecule has 5 heteroatoms. The van der Waals surface area contributed by atoms with E-state index < -0.39 is 0 Å². The summed E-state index contributed by atoms with van der Waals surface area (Å²) in [5.41, 5.74) is 4.73. The van der Waals surface area contributed by atoms with Gasteiger partial charge < -0.3 is 10.1 Å². The fraction of sp³-hybridized carbons (Fsp3) is 0.579. The van der Waals surface area contributed by atoms with Crippen molar-refractivity contribution in [2.24, 2.45) is 22.9 Å². The van der Waals surface area contributed by atoms with Gasteiger partial charge in [0.05, 0.1) is 13.7 Å². The summed E-state index contributed by atoms with van der Waals surface area (Å²) in [4.78, 5) is 12.0. The van der Waals surface area contributed by atoms with Crippen molar-refractivity contribution in [2.75, 3.05) is 19.0 Å². The molecule has 2 rings (SSSR count). The maximum Gasteiger partial charge on any atom is 0.259 e. The Hall–Kier alpha value is -2.04. The number of anilines is 1. The van der Waals surface area contributed by atoms with Crippen LogP contribution < -0.4 is 15.5 Å². The molecule has 0 aliphatic heterocycles. The Kier molecular flexibility index (Phi) is 6.64. The van der Waals surface area contributed by atoms with E-state index in [0.717, 1.165) is 30.0 Å². The summed E-state index contributed by atoms with van der Waals surface area (Å²) in [6.45, 7) is 6.90. The van der Waals surface area contributed by atoms with E-state index >= 15 is 0 Å². The molecule has 1 fully saturated rings. The van der Waals surface area contributed by atoms with Crippen molar-refractivity contribution in [2.45, 2.75) is 40.0 Å². The van der Waals surface area contributed by atoms with Crippen molar-refractivity contribution < 1.29 is 9.53 Å². The zero-order valence-corrected chi connectivity index (χ0v) is 15.1. The third-order valence-corrected chi connectivity index (χ3v) is 4.63. The number of carbonyl (C=O) groups excluding carboxylic acids is 1. The van der Waals surface area contributed by atoms with Gasteiger partial charge in [0.1, 0.15) is 5.75 Å². The van der Waals surface area contributed by atoms with E-state index in [4.69, 9.17) is 4.74 Å². The lowest BCUT2D eigenvalue weighted by atomic mass is 9.76. The highest BCUT2D eigenvalue weighted by Crippen LogP contribution is 2.31. The summed E-state index contributed by atoms with van der Waals surface area (Å²) in [6, 6.07) is 7.49. The number of methoxy groups -OCH3 is 1. The first-order valence-corrected chi connectivity index (χ1v) is 8.72. The number of rotatable bonds is 6. The standard InChI is InChI=1S/C19H29N3O2/c1-13(2)17-10-5-14(3)11-18(17)21-22-19(23)12-20-15-6-8-16(24-4)9-7-15/h6-9,13-14,17,20H,5,10-12H2,1-4H3,(H,22,23)/b21-18-/t14-,17-/m0/s1. The van der Waals surface area contributed by atoms with E-state index in [9.17, 15) is 4.79 Å². The van der Waals surface area contributed by atoms with Crippen molar-refractivity contribution >= 4 is 17.3 Å². The average Bonchev–Trinajstić information content (AvgIpc) is 2.58. The smallest absolute Gasteiger partial charge is 0.259 e. The largest absolute Gasteiger partial charge is 0.497 e. The molecule has 1 aliphatic rings. The lowest BCUT2D eigenvalue weighted by Crippen LogP contribution is -2.32. The molecule has 0 saturated heterocycles. The van der Waals surface area contributed by atoms with Crippen molar-refractivity contribution in [1.82, 2.24) is 5.43 Å². The number of hydrogen-bond acceptors (Lipinski definition) is 4. The van der Waals surface area contributed by atoms with Crippen LogP contribution >= 0.6 is 0 Å². The van der Waals surface area contributed by atoms with Crippen molar-refractivity contribution in [3.63, 3.8) is 0 Å². The van der Waals surface area contributed by atoms with Crippen LogP contribution in [-0.4, -0.2) is 25.3 Å². The first-order valence-electron chi connectivity index (χ1n) is 8.72. The number of hydrogen-bond donors (Lipinski definition) is 2. The predicted molar refractivity (Wildman–Crippen MR) is 98.4 cm³/mol. The lowest BCUT2D eigenvalue weighted by molar-refractivity contribution is -0.119. The minimum Gasteiger partial charge on any atom is -0.497 e. The number of benzene rings is 1. The van der Waals surface area contributed by atoms with Crippen molar-refractivity contribution in [3.05, 3.63) is 24.3 Å². The zero-order valence-electron chi connectivity index (χ0n) is 15.1. The lowest BCUT2D eigenvalue weighted by Gasteiger charge is -2.30. The molecule has 5 nitrogen and oxygen atoms in total. The molecule has 0 unspecified atom stereocenters. The molecule has 132 valence electrons. The molecule has 24 heavy (non-hydrogen) atoms. The SMILES string of the molecule is COc1ccc(NCC(=O)N/N=C2/C[C@@H](C)CC[C@H]2C(C)C)cc1. The summed E-state index contributed by atoms with van der Waals surface area (Å²) < 4.78 is 5.11. The number of nitrogens with zero attached hydrogens (tertiary/aromatic N) is 1. The summed E-state index contributed by atoms with van der Waals surface area (Å²) in [5.74, 6) is 2.36. The zero-order chi connectivity index (χ0) is 17.5. The van der Waals surface area contributed by atoms with Crippen LogP contribution in [0.5, 0.6) is 5.75 Å². The second kappa shape index (κ2) is 8.71. The minimum absolute atomic E-state index is 0.126. The quantitative estimate of drug-likeness (QED) is 0.782. The van der Waals surface area contributed by atoms with Crippen LogP contribution in [0.25, 0.3) is 0 Å². The van der Waals surface area contributed by atoms with Gasteiger partial charge in [-0.2, -0.15) is 5.10 Å². The molecule has 0 spiro atoms. The highest BCUT2D eigenvalue weighted by atomic mass is 16.5. The summed E-state index contributed by atoms with van der Waals surface area (Å²) in [7, 11) is 1.63. The van der Waals surface area contributed by atoms with Gasteiger partial charge in [0.15, 0.2) is 0 Å². The van der Waals surface area contributed by atoms with Crippen molar-refractivity contribution in [1.29, 1.82) is 0 Å². The molecule has 1 amide bonds. The normalized spacial score (nSPS) is 22.5. The van der Waals surface area contributed by atoms with E-state index in [2.05, 4.69) is 36.6 Å². The predicted octanol–water partition coefficient (Wildman–Crippen LogP) is 3.67. The van der Waals surface area contributed by atoms with E-state index in [-0.39, 0.29) is 12.5 Å². The van der Waals surface area contributed by atoms with Gasteiger partial charge in [-0.25, -0.2) is 5.43 Å². The van der Waals surface area contributed by atoms with Crippen LogP contribution in [0.3, 0.4) is 0 Å². The molecular weight excluding hydrogens is 302 g/mol. The van der Waals surface area contributed by atoms with E-state index in [0.29, 0.717) is 17.8 Å². The van der Waals surface area contributed by atoms with Gasteiger partial charge in [0.2, 0.25) is 0 Å². The maximum atomic E-state index is 12.0. The number of hydrazone groups is 1. The second-order valence-corrected chi connectivity index (χ2v) is 6.96. The van der Waals surface area contributed by atoms with Gasteiger partial charge in [-0.15, -0.1) is 0 Å². The third-order valence-electron chi connectivity index (χ3n) is 4.63. The number of ether oxygens (including phenoxy) is 1. The molecule has 0 bridgehead atoms. The molecular formula is C19H29N3O2. The first-order chi connectivity index (χ1) is 11.5. The molecule has 2 N–H and O–H groups in total. The highest BCUT2D eigenvalue weighted by Gasteiger charge is 2.27. The Balaban J connectivity index is 1.86. The van der Waals surface area contributed by atoms with Crippen LogP contribution in [0, 0.1) is 17.8 Å². The van der Waals surface area contributed by atoms with Crippen LogP contribution in [-0.2, 0) is 4.79 Å². The molecule has 0 radical (unpaired) electrons. The van der Waals surface area contributed by atoms with Crippen molar-refractivity contribution in [3.8, 4) is 5.75 Å². The van der Waals surface area contributed by atoms with Gasteiger partial charge in [0.25, 0.3) is 5.91 Å². The molecule has 1 aromatic carbocycles. The molecule has 0 aromatic heterocycles. The number of carbonyl (C=O) groups is 1. The summed E-state index contributed by atoms with van der Waals surface area (Å²) in [6.07, 6.45) is 3.39. The highest BCUT2D eigenvalue weighted by molar-refractivity contribution is 5.89. The first kappa shape index (κ1) is 18.3. The van der Waals surface area contributed by atoms with Gasteiger partial charge in [0, 0.05) is 17.3 Å². The average molecular weight is 331 g/mol. The van der Waals surface area contributed by atoms with Gasteiger partial charge in [-0.05, 0) is 55.4 Å². The number of nitrogens with one attached hydrogen (secondary N) is 2. The van der Waals surface area contributed by atoms with Crippen LogP contribution in [0.2, 0.25) is 0 Å². The Morgan fingerprint density at radius 3 is 2.62 bits per heavy atom. The van der Waals surface area contributed by atoms with Crippen LogP contribution in [0.4, 0.5) is 5.69 Å². The van der Waals surface area contributed by atoms with Gasteiger partial charge >= 0.3 is 0 Å². The maximum absolute atomic E-state index is 12.0. The fourth-order valence-corrected chi connectivity index (χ4v) is 3.15. The number of amides is 1. The minimum atomic E-state index is -0.126. The van der Waals surface area contributed by atoms with Crippen LogP contribution in [0.15, 0.2) is 29.4 Å². The Bertz CT molecular complexity index is 566. The molecule has 0 heterocycles. The fourth-order valence-electron chi connectivity index (χ4n) is 3.15. The second-order valence-electron chi connectivity index (χ2n) is 6.96. The Morgan fingerprint density at radius 2 is 2.00 bits per heavy atom. The Morgan fingerprint density at radius 1 is 1.29 bits per heavy atom.